The topological polar surface area (TPSA) is 86.8 Å². The van der Waals surface area contributed by atoms with Crippen LogP contribution >= 0.6 is 11.8 Å². The average Bonchev–Trinajstić information content (AvgIpc) is 3.12. The second kappa shape index (κ2) is 7.66. The van der Waals surface area contributed by atoms with Gasteiger partial charge >= 0.3 is 0 Å². The zero-order valence-electron chi connectivity index (χ0n) is 15.5. The molecule has 3 aromatic rings. The van der Waals surface area contributed by atoms with Gasteiger partial charge in [0.2, 0.25) is 11.1 Å². The Labute approximate surface area is 162 Å². The second-order valence-corrected chi connectivity index (χ2v) is 7.63. The van der Waals surface area contributed by atoms with Crippen LogP contribution in [0.4, 0.5) is 5.95 Å². The highest BCUT2D eigenvalue weighted by Crippen LogP contribution is 2.28. The van der Waals surface area contributed by atoms with Crippen LogP contribution in [0.25, 0.3) is 10.9 Å². The lowest BCUT2D eigenvalue weighted by atomic mass is 9.95. The Kier molecular flexibility index (Phi) is 5.09. The highest BCUT2D eigenvalue weighted by atomic mass is 32.2. The SMILES string of the molecule is CCSc1n[nH]c(NC(=O)c2c3c(nc4ccccc24)CCN(CC)C3)n1. The zero-order chi connectivity index (χ0) is 18.8. The maximum Gasteiger partial charge on any atom is 0.259 e. The number of para-hydroxylation sites is 1. The number of carbonyl (C=O) groups is 1. The summed E-state index contributed by atoms with van der Waals surface area (Å²) >= 11 is 1.53. The Morgan fingerprint density at radius 2 is 2.15 bits per heavy atom. The number of pyridine rings is 1. The lowest BCUT2D eigenvalue weighted by molar-refractivity contribution is 0.102. The van der Waals surface area contributed by atoms with E-state index < -0.39 is 0 Å². The fourth-order valence-corrected chi connectivity index (χ4v) is 3.97. The molecule has 1 amide bonds. The van der Waals surface area contributed by atoms with E-state index in [1.807, 2.05) is 31.2 Å². The van der Waals surface area contributed by atoms with Crippen molar-refractivity contribution < 1.29 is 4.79 Å². The fourth-order valence-electron chi connectivity index (χ4n) is 3.44. The number of fused-ring (bicyclic) bond motifs is 2. The molecule has 0 unspecified atom stereocenters. The van der Waals surface area contributed by atoms with E-state index in [1.165, 1.54) is 11.8 Å². The molecular weight excluding hydrogens is 360 g/mol. The third-order valence-corrected chi connectivity index (χ3v) is 5.50. The number of benzene rings is 1. The van der Waals surface area contributed by atoms with Crippen LogP contribution in [0, 0.1) is 0 Å². The normalized spacial score (nSPS) is 14.3. The van der Waals surface area contributed by atoms with Gasteiger partial charge in [0.05, 0.1) is 11.1 Å². The number of nitrogens with zero attached hydrogens (tertiary/aromatic N) is 4. The third kappa shape index (κ3) is 3.54. The molecule has 0 saturated heterocycles. The molecule has 1 aliphatic heterocycles. The number of hydrogen-bond donors (Lipinski definition) is 2. The lowest BCUT2D eigenvalue weighted by Crippen LogP contribution is -2.33. The minimum atomic E-state index is -0.174. The molecule has 2 N–H and O–H groups in total. The minimum absolute atomic E-state index is 0.174. The van der Waals surface area contributed by atoms with Crippen molar-refractivity contribution in [3.05, 3.63) is 41.1 Å². The van der Waals surface area contributed by atoms with Crippen LogP contribution in [0.1, 0.15) is 35.5 Å². The average molecular weight is 382 g/mol. The van der Waals surface area contributed by atoms with Gasteiger partial charge in [-0.1, -0.05) is 43.8 Å². The van der Waals surface area contributed by atoms with Crippen LogP contribution in [0.15, 0.2) is 29.4 Å². The van der Waals surface area contributed by atoms with Gasteiger partial charge in [-0.2, -0.15) is 4.98 Å². The first-order valence-corrected chi connectivity index (χ1v) is 10.2. The summed E-state index contributed by atoms with van der Waals surface area (Å²) in [5.41, 5.74) is 3.58. The molecule has 1 aromatic carbocycles. The van der Waals surface area contributed by atoms with Gasteiger partial charge in [-0.25, -0.2) is 5.10 Å². The molecule has 1 aliphatic rings. The molecule has 4 rings (SSSR count). The Morgan fingerprint density at radius 1 is 1.30 bits per heavy atom. The quantitative estimate of drug-likeness (QED) is 0.660. The summed E-state index contributed by atoms with van der Waals surface area (Å²) in [6.07, 6.45) is 0.855. The van der Waals surface area contributed by atoms with Crippen LogP contribution in [0.5, 0.6) is 0 Å². The number of anilines is 1. The number of hydrogen-bond acceptors (Lipinski definition) is 6. The molecule has 0 saturated carbocycles. The van der Waals surface area contributed by atoms with Gasteiger partial charge in [-0.3, -0.25) is 20.0 Å². The Balaban J connectivity index is 1.75. The minimum Gasteiger partial charge on any atom is -0.299 e. The van der Waals surface area contributed by atoms with Gasteiger partial charge in [0, 0.05) is 36.2 Å². The summed E-state index contributed by atoms with van der Waals surface area (Å²) in [4.78, 5) is 24.7. The molecule has 3 heterocycles. The van der Waals surface area contributed by atoms with Crippen molar-refractivity contribution >= 4 is 34.5 Å². The van der Waals surface area contributed by atoms with Crippen LogP contribution in [-0.4, -0.2) is 49.8 Å². The number of aromatic amines is 1. The fraction of sp³-hybridized carbons (Fsp3) is 0.368. The van der Waals surface area contributed by atoms with Crippen molar-refractivity contribution in [2.45, 2.75) is 32.0 Å². The first-order chi connectivity index (χ1) is 13.2. The highest BCUT2D eigenvalue weighted by molar-refractivity contribution is 7.99. The van der Waals surface area contributed by atoms with Gasteiger partial charge in [-0.05, 0) is 18.4 Å². The van der Waals surface area contributed by atoms with Crippen molar-refractivity contribution in [2.75, 3.05) is 24.2 Å². The lowest BCUT2D eigenvalue weighted by Gasteiger charge is -2.29. The molecule has 27 heavy (non-hydrogen) atoms. The standard InChI is InChI=1S/C19H22N6OS/c1-3-25-10-9-15-13(11-25)16(12-7-5-6-8-14(12)20-15)17(26)21-18-22-19(24-23-18)27-4-2/h5-8H,3-4,9-11H2,1-2H3,(H2,21,22,23,24,26). The molecule has 140 valence electrons. The molecule has 0 fully saturated rings. The number of H-pyrrole nitrogens is 1. The van der Waals surface area contributed by atoms with Gasteiger partial charge in [-0.15, -0.1) is 5.10 Å². The number of amides is 1. The molecule has 0 atom stereocenters. The summed E-state index contributed by atoms with van der Waals surface area (Å²) in [5.74, 6) is 1.07. The van der Waals surface area contributed by atoms with Crippen molar-refractivity contribution in [1.29, 1.82) is 0 Å². The van der Waals surface area contributed by atoms with E-state index >= 15 is 0 Å². The van der Waals surface area contributed by atoms with E-state index in [-0.39, 0.29) is 5.91 Å². The van der Waals surface area contributed by atoms with Crippen molar-refractivity contribution in [1.82, 2.24) is 25.1 Å². The third-order valence-electron chi connectivity index (χ3n) is 4.77. The summed E-state index contributed by atoms with van der Waals surface area (Å²) in [5, 5.41) is 11.3. The van der Waals surface area contributed by atoms with Gasteiger partial charge < -0.3 is 0 Å². The van der Waals surface area contributed by atoms with Crippen LogP contribution in [0.2, 0.25) is 0 Å². The molecule has 8 heteroatoms. The van der Waals surface area contributed by atoms with E-state index in [9.17, 15) is 4.79 Å². The van der Waals surface area contributed by atoms with E-state index in [0.717, 1.165) is 54.0 Å². The maximum absolute atomic E-state index is 13.2. The van der Waals surface area contributed by atoms with Gasteiger partial charge in [0.25, 0.3) is 5.91 Å². The predicted octanol–water partition coefficient (Wildman–Crippen LogP) is 3.10. The highest BCUT2D eigenvalue weighted by Gasteiger charge is 2.25. The predicted molar refractivity (Wildman–Crippen MR) is 107 cm³/mol. The summed E-state index contributed by atoms with van der Waals surface area (Å²) in [6.45, 7) is 6.83. The van der Waals surface area contributed by atoms with Crippen molar-refractivity contribution in [3.63, 3.8) is 0 Å². The summed E-state index contributed by atoms with van der Waals surface area (Å²) in [7, 11) is 0. The van der Waals surface area contributed by atoms with Crippen LogP contribution < -0.4 is 5.32 Å². The van der Waals surface area contributed by atoms with Gasteiger partial charge in [0.1, 0.15) is 0 Å². The molecule has 0 bridgehead atoms. The monoisotopic (exact) mass is 382 g/mol. The number of carbonyl (C=O) groups excluding carboxylic acids is 1. The smallest absolute Gasteiger partial charge is 0.259 e. The van der Waals surface area contributed by atoms with Gasteiger partial charge in [0.15, 0.2) is 0 Å². The van der Waals surface area contributed by atoms with E-state index in [1.54, 1.807) is 0 Å². The first kappa shape index (κ1) is 17.9. The van der Waals surface area contributed by atoms with E-state index in [0.29, 0.717) is 16.7 Å². The molecule has 2 aromatic heterocycles. The number of aromatic nitrogens is 4. The van der Waals surface area contributed by atoms with E-state index in [4.69, 9.17) is 4.98 Å². The van der Waals surface area contributed by atoms with Crippen LogP contribution in [0.3, 0.4) is 0 Å². The Morgan fingerprint density at radius 3 is 2.96 bits per heavy atom. The zero-order valence-corrected chi connectivity index (χ0v) is 16.3. The number of nitrogens with one attached hydrogen (secondary N) is 2. The molecule has 0 aliphatic carbocycles. The second-order valence-electron chi connectivity index (χ2n) is 6.40. The summed E-state index contributed by atoms with van der Waals surface area (Å²) in [6, 6.07) is 7.82. The first-order valence-electron chi connectivity index (χ1n) is 9.19. The maximum atomic E-state index is 13.2. The van der Waals surface area contributed by atoms with Crippen LogP contribution in [-0.2, 0) is 13.0 Å². The van der Waals surface area contributed by atoms with Crippen molar-refractivity contribution in [2.24, 2.45) is 0 Å². The summed E-state index contributed by atoms with van der Waals surface area (Å²) < 4.78 is 0. The largest absolute Gasteiger partial charge is 0.299 e. The number of rotatable bonds is 5. The van der Waals surface area contributed by atoms with Crippen molar-refractivity contribution in [3.8, 4) is 0 Å². The molecular formula is C19H22N6OS. The molecule has 0 radical (unpaired) electrons. The molecule has 7 nitrogen and oxygen atoms in total. The Hall–Kier alpha value is -2.45. The van der Waals surface area contributed by atoms with E-state index in [2.05, 4.69) is 32.3 Å². The number of likely N-dealkylation sites (N-methyl/N-ethyl adjacent to an activating group) is 1. The Bertz CT molecular complexity index is 985. The molecule has 0 spiro atoms. The number of thioether (sulfide) groups is 1.